The molecule has 4 atom stereocenters. The minimum atomic E-state index is -0.908. The van der Waals surface area contributed by atoms with Crippen LogP contribution in [0.5, 0.6) is 11.5 Å². The number of halogens is 1. The summed E-state index contributed by atoms with van der Waals surface area (Å²) in [4.78, 5) is 6.22. The van der Waals surface area contributed by atoms with Crippen molar-refractivity contribution in [1.82, 2.24) is 9.88 Å². The largest absolute Gasteiger partial charge is 1.00 e. The number of piperidine rings is 1. The van der Waals surface area contributed by atoms with Crippen molar-refractivity contribution in [2.75, 3.05) is 13.1 Å². The summed E-state index contributed by atoms with van der Waals surface area (Å²) >= 11 is 0. The van der Waals surface area contributed by atoms with Crippen LogP contribution in [0.1, 0.15) is 47.8 Å². The molecule has 0 radical (unpaired) electrons. The number of rotatable bonds is 2. The Morgan fingerprint density at radius 1 is 1.16 bits per heavy atom. The second kappa shape index (κ2) is 6.02. The number of fused-ring (bicyclic) bond motifs is 4. The lowest BCUT2D eigenvalue weighted by Crippen LogP contribution is -3.00. The molecule has 5 aliphatic rings. The van der Waals surface area contributed by atoms with Gasteiger partial charge in [0.25, 0.3) is 0 Å². The average molecular weight is 450 g/mol. The van der Waals surface area contributed by atoms with Gasteiger partial charge in [-0.05, 0) is 61.4 Å². The third-order valence-electron chi connectivity index (χ3n) is 9.07. The molecule has 2 fully saturated rings. The van der Waals surface area contributed by atoms with Crippen molar-refractivity contribution in [1.29, 1.82) is 0 Å². The first-order valence-electron chi connectivity index (χ1n) is 11.7. The predicted octanol–water partition coefficient (Wildman–Crippen LogP) is 0.577. The summed E-state index contributed by atoms with van der Waals surface area (Å²) in [5.41, 5.74) is 4.27. The Kier molecular flexibility index (Phi) is 3.62. The zero-order chi connectivity index (χ0) is 20.5. The quantitative estimate of drug-likeness (QED) is 0.535. The van der Waals surface area contributed by atoms with Gasteiger partial charge in [0.1, 0.15) is 0 Å². The van der Waals surface area contributed by atoms with E-state index in [2.05, 4.69) is 34.1 Å². The molecule has 166 valence electrons. The number of aromatic nitrogens is 1. The highest BCUT2D eigenvalue weighted by atomic mass is 35.5. The van der Waals surface area contributed by atoms with Crippen molar-refractivity contribution in [3.05, 3.63) is 58.8 Å². The van der Waals surface area contributed by atoms with E-state index in [1.165, 1.54) is 29.4 Å². The molecule has 3 heterocycles. The number of aliphatic hydroxyl groups is 1. The number of nitrogens with zero attached hydrogens (tertiary/aromatic N) is 1. The fourth-order valence-corrected chi connectivity index (χ4v) is 7.57. The first kappa shape index (κ1) is 19.3. The average Bonchev–Trinajstić information content (AvgIpc) is 3.40. The molecule has 2 bridgehead atoms. The maximum absolute atomic E-state index is 12.7. The Labute approximate surface area is 192 Å². The Morgan fingerprint density at radius 3 is 2.84 bits per heavy atom. The van der Waals surface area contributed by atoms with Crippen molar-refractivity contribution >= 4 is 10.9 Å². The van der Waals surface area contributed by atoms with Gasteiger partial charge in [-0.15, -0.1) is 0 Å². The van der Waals surface area contributed by atoms with Crippen molar-refractivity contribution in [2.45, 2.75) is 55.3 Å². The minimum Gasteiger partial charge on any atom is -1.00 e. The molecule has 2 aromatic carbocycles. The van der Waals surface area contributed by atoms with E-state index in [0.717, 1.165) is 48.6 Å². The number of likely N-dealkylation sites (tertiary alicyclic amines) is 1. The highest BCUT2D eigenvalue weighted by Gasteiger charge is 2.72. The van der Waals surface area contributed by atoms with E-state index >= 15 is 0 Å². The minimum absolute atomic E-state index is 0. The maximum atomic E-state index is 12.7. The van der Waals surface area contributed by atoms with Crippen LogP contribution in [0, 0.1) is 5.92 Å². The van der Waals surface area contributed by atoms with E-state index in [-0.39, 0.29) is 30.3 Å². The van der Waals surface area contributed by atoms with Gasteiger partial charge in [-0.2, -0.15) is 0 Å². The highest BCUT2D eigenvalue weighted by Crippen LogP contribution is 2.69. The molecule has 1 saturated heterocycles. The number of hydrogen-bond donors (Lipinski definition) is 3. The summed E-state index contributed by atoms with van der Waals surface area (Å²) in [5.74, 6) is 1.58. The Balaban J connectivity index is 0.00000180. The van der Waals surface area contributed by atoms with E-state index < -0.39 is 11.0 Å². The number of aromatic amines is 1. The Morgan fingerprint density at radius 2 is 2.00 bits per heavy atom. The fourth-order valence-electron chi connectivity index (χ4n) is 7.57. The van der Waals surface area contributed by atoms with Crippen LogP contribution in [0.2, 0.25) is 0 Å². The molecule has 3 N–H and O–H groups in total. The van der Waals surface area contributed by atoms with Gasteiger partial charge >= 0.3 is 0 Å². The van der Waals surface area contributed by atoms with E-state index in [4.69, 9.17) is 4.74 Å². The second-order valence-corrected chi connectivity index (χ2v) is 10.5. The van der Waals surface area contributed by atoms with Crippen LogP contribution in [0.15, 0.2) is 36.4 Å². The standard InChI is InChI=1S/C26H26N2O3.ClH/c29-19-8-7-15-11-20-26(30)12-17-16-3-1-2-4-18(16)27-22(17)24-25(26,21(15)23(19)31-24)9-10-28(20)13-14-5-6-14;/h1-4,7-8,14,20,24,27,29-30H,5-6,9-13H2;1H/p-1. The molecule has 6 heteroatoms. The molecule has 1 aromatic heterocycles. The lowest BCUT2D eigenvalue weighted by molar-refractivity contribution is -0.173. The summed E-state index contributed by atoms with van der Waals surface area (Å²) in [6.07, 6.45) is 4.66. The van der Waals surface area contributed by atoms with Gasteiger partial charge in [-0.3, -0.25) is 4.90 Å². The summed E-state index contributed by atoms with van der Waals surface area (Å²) in [6.45, 7) is 2.07. The number of phenolic OH excluding ortho intramolecular Hbond substituents is 1. The van der Waals surface area contributed by atoms with Crippen LogP contribution in [-0.2, 0) is 18.3 Å². The summed E-state index contributed by atoms with van der Waals surface area (Å²) in [5, 5.41) is 24.6. The molecule has 8 rings (SSSR count). The second-order valence-electron chi connectivity index (χ2n) is 10.5. The van der Waals surface area contributed by atoms with Crippen molar-refractivity contribution < 1.29 is 27.4 Å². The van der Waals surface area contributed by atoms with Gasteiger partial charge in [-0.25, -0.2) is 0 Å². The van der Waals surface area contributed by atoms with Gasteiger partial charge in [0.05, 0.1) is 16.7 Å². The molecule has 5 nitrogen and oxygen atoms in total. The van der Waals surface area contributed by atoms with E-state index in [9.17, 15) is 10.2 Å². The number of nitrogens with one attached hydrogen (secondary N) is 1. The van der Waals surface area contributed by atoms with Gasteiger partial charge < -0.3 is 32.3 Å². The lowest BCUT2D eigenvalue weighted by atomic mass is 9.49. The Hall–Kier alpha value is -2.21. The van der Waals surface area contributed by atoms with Crippen molar-refractivity contribution in [2.24, 2.45) is 5.92 Å². The van der Waals surface area contributed by atoms with Gasteiger partial charge in [0, 0.05) is 35.5 Å². The van der Waals surface area contributed by atoms with E-state index in [0.29, 0.717) is 12.2 Å². The fraction of sp³-hybridized carbons (Fsp3) is 0.462. The number of phenols is 1. The molecule has 1 saturated carbocycles. The monoisotopic (exact) mass is 449 g/mol. The molecule has 4 unspecified atom stereocenters. The topological polar surface area (TPSA) is 68.7 Å². The first-order chi connectivity index (χ1) is 15.1. The van der Waals surface area contributed by atoms with Gasteiger partial charge in [0.15, 0.2) is 17.6 Å². The zero-order valence-electron chi connectivity index (χ0n) is 17.8. The zero-order valence-corrected chi connectivity index (χ0v) is 18.5. The molecular weight excluding hydrogens is 424 g/mol. The van der Waals surface area contributed by atoms with Gasteiger partial charge in [-0.1, -0.05) is 24.3 Å². The summed E-state index contributed by atoms with van der Waals surface area (Å²) in [6, 6.07) is 12.3. The van der Waals surface area contributed by atoms with Crippen LogP contribution in [0.4, 0.5) is 0 Å². The predicted molar refractivity (Wildman–Crippen MR) is 117 cm³/mol. The van der Waals surface area contributed by atoms with Crippen LogP contribution in [-0.4, -0.2) is 44.8 Å². The van der Waals surface area contributed by atoms with Gasteiger partial charge in [0.2, 0.25) is 0 Å². The van der Waals surface area contributed by atoms with Crippen molar-refractivity contribution in [3.63, 3.8) is 0 Å². The number of ether oxygens (including phenoxy) is 1. The molecule has 3 aliphatic carbocycles. The third-order valence-corrected chi connectivity index (χ3v) is 9.07. The van der Waals surface area contributed by atoms with Crippen LogP contribution in [0.25, 0.3) is 10.9 Å². The normalized spacial score (nSPS) is 33.9. The molecule has 1 spiro atoms. The van der Waals surface area contributed by atoms with Crippen LogP contribution >= 0.6 is 0 Å². The Bertz CT molecular complexity index is 1280. The van der Waals surface area contributed by atoms with Crippen LogP contribution < -0.4 is 17.1 Å². The van der Waals surface area contributed by atoms with E-state index in [1.54, 1.807) is 6.07 Å². The summed E-state index contributed by atoms with van der Waals surface area (Å²) < 4.78 is 6.60. The van der Waals surface area contributed by atoms with Crippen LogP contribution in [0.3, 0.4) is 0 Å². The lowest BCUT2D eigenvalue weighted by Gasteiger charge is -2.62. The van der Waals surface area contributed by atoms with E-state index in [1.807, 2.05) is 6.07 Å². The molecule has 0 amide bonds. The summed E-state index contributed by atoms with van der Waals surface area (Å²) in [7, 11) is 0. The molecule has 2 aliphatic heterocycles. The van der Waals surface area contributed by atoms with Crippen molar-refractivity contribution in [3.8, 4) is 11.5 Å². The number of H-pyrrole nitrogens is 1. The molecule has 32 heavy (non-hydrogen) atoms. The maximum Gasteiger partial charge on any atom is 0.166 e. The molecular formula is C26H26ClN2O3-. The molecule has 3 aromatic rings. The highest BCUT2D eigenvalue weighted by molar-refractivity contribution is 5.86. The number of para-hydroxylation sites is 1. The number of aromatic hydroxyl groups is 1. The number of benzene rings is 2. The smallest absolute Gasteiger partial charge is 0.166 e. The third kappa shape index (κ3) is 2.04. The SMILES string of the molecule is Oc1ccc2c3c1OC1c4[nH]c5ccccc5c4CC4(O)C(C2)N(CC2CC2)CCC314.[Cl-]. The number of hydrogen-bond acceptors (Lipinski definition) is 4. The first-order valence-corrected chi connectivity index (χ1v) is 11.7.